The number of aromatic nitrogens is 1. The number of likely N-dealkylation sites (tertiary alicyclic amines) is 1. The molecule has 1 aliphatic rings. The first-order chi connectivity index (χ1) is 23.3. The maximum absolute atomic E-state index is 6.46. The second kappa shape index (κ2) is 15.1. The number of benzene rings is 3. The molecule has 3 aromatic heterocycles. The minimum absolute atomic E-state index is 0.532. The van der Waals surface area contributed by atoms with E-state index in [9.17, 15) is 0 Å². The molecule has 4 heterocycles. The van der Waals surface area contributed by atoms with Crippen LogP contribution < -0.4 is 9.47 Å². The van der Waals surface area contributed by atoms with E-state index in [-0.39, 0.29) is 0 Å². The van der Waals surface area contributed by atoms with Crippen molar-refractivity contribution in [3.05, 3.63) is 125 Å². The number of hydrogen-bond donors (Lipinski definition) is 0. The molecule has 47 heavy (non-hydrogen) atoms. The summed E-state index contributed by atoms with van der Waals surface area (Å²) >= 11 is 0. The number of nitrogens with zero attached hydrogens (tertiary/aromatic N) is 2. The van der Waals surface area contributed by atoms with Gasteiger partial charge in [-0.2, -0.15) is 0 Å². The number of pyridine rings is 1. The van der Waals surface area contributed by atoms with Crippen LogP contribution in [0.2, 0.25) is 0 Å². The molecule has 1 aliphatic heterocycles. The van der Waals surface area contributed by atoms with Crippen LogP contribution in [0, 0.1) is 0 Å². The molecule has 0 N–H and O–H groups in total. The predicted molar refractivity (Wildman–Crippen MR) is 192 cm³/mol. The molecule has 0 spiro atoms. The Kier molecular flexibility index (Phi) is 10.0. The smallest absolute Gasteiger partial charge is 0.143 e. The molecule has 7 rings (SSSR count). The van der Waals surface area contributed by atoms with E-state index in [1.807, 2.05) is 24.3 Å². The van der Waals surface area contributed by atoms with E-state index in [2.05, 4.69) is 95.1 Å². The lowest BCUT2D eigenvalue weighted by Gasteiger charge is -2.26. The van der Waals surface area contributed by atoms with E-state index in [0.717, 1.165) is 47.6 Å². The third-order valence-electron chi connectivity index (χ3n) is 9.51. The van der Waals surface area contributed by atoms with Gasteiger partial charge in [-0.05, 0) is 104 Å². The maximum atomic E-state index is 6.46. The molecular formula is C42H46N2O3. The Balaban J connectivity index is 1.16. The molecular weight excluding hydrogens is 580 g/mol. The highest BCUT2D eigenvalue weighted by Gasteiger charge is 2.24. The van der Waals surface area contributed by atoms with E-state index >= 15 is 0 Å². The zero-order chi connectivity index (χ0) is 31.8. The van der Waals surface area contributed by atoms with Gasteiger partial charge in [-0.25, -0.2) is 0 Å². The quantitative estimate of drug-likeness (QED) is 0.106. The Morgan fingerprint density at radius 3 is 2.06 bits per heavy atom. The van der Waals surface area contributed by atoms with Crippen molar-refractivity contribution < 1.29 is 14.2 Å². The van der Waals surface area contributed by atoms with Gasteiger partial charge in [0.25, 0.3) is 0 Å². The summed E-state index contributed by atoms with van der Waals surface area (Å²) in [5, 5.41) is 0. The molecule has 0 saturated carbocycles. The monoisotopic (exact) mass is 626 g/mol. The SMILES string of the molecule is CCc1c(-c2ccc(OCc3ccccc3)cc2)c2c(COCCCCN3CCCCC3)cc3c(OCc4ccccc4)ccc1n32. The molecule has 0 aliphatic carbocycles. The van der Waals surface area contributed by atoms with Crippen LogP contribution in [0.25, 0.3) is 27.7 Å². The van der Waals surface area contributed by atoms with Gasteiger partial charge < -0.3 is 23.5 Å². The fourth-order valence-corrected chi connectivity index (χ4v) is 7.09. The first-order valence-corrected chi connectivity index (χ1v) is 17.4. The summed E-state index contributed by atoms with van der Waals surface area (Å²) in [6.45, 7) is 8.40. The van der Waals surface area contributed by atoms with Crippen molar-refractivity contribution in [2.75, 3.05) is 26.2 Å². The highest BCUT2D eigenvalue weighted by atomic mass is 16.5. The number of ether oxygens (including phenoxy) is 3. The van der Waals surface area contributed by atoms with E-state index < -0.39 is 0 Å². The van der Waals surface area contributed by atoms with Gasteiger partial charge in [0, 0.05) is 17.7 Å². The predicted octanol–water partition coefficient (Wildman–Crippen LogP) is 9.70. The number of unbranched alkanes of at least 4 members (excludes halogenated alkanes) is 1. The lowest BCUT2D eigenvalue weighted by molar-refractivity contribution is 0.114. The van der Waals surface area contributed by atoms with Crippen LogP contribution in [0.3, 0.4) is 0 Å². The van der Waals surface area contributed by atoms with Gasteiger partial charge in [0.15, 0.2) is 0 Å². The van der Waals surface area contributed by atoms with Gasteiger partial charge in [-0.1, -0.05) is 86.1 Å². The molecule has 1 saturated heterocycles. The summed E-state index contributed by atoms with van der Waals surface area (Å²) in [5.74, 6) is 1.77. The molecule has 6 aromatic rings. The third-order valence-corrected chi connectivity index (χ3v) is 9.51. The second-order valence-corrected chi connectivity index (χ2v) is 12.8. The minimum atomic E-state index is 0.532. The Labute approximate surface area is 279 Å². The molecule has 242 valence electrons. The topological polar surface area (TPSA) is 35.3 Å². The van der Waals surface area contributed by atoms with Crippen molar-refractivity contribution in [1.29, 1.82) is 0 Å². The van der Waals surface area contributed by atoms with Crippen LogP contribution in [-0.4, -0.2) is 35.5 Å². The average Bonchev–Trinajstić information content (AvgIpc) is 3.68. The van der Waals surface area contributed by atoms with Gasteiger partial charge >= 0.3 is 0 Å². The summed E-state index contributed by atoms with van der Waals surface area (Å²) in [4.78, 5) is 2.62. The summed E-state index contributed by atoms with van der Waals surface area (Å²) in [5.41, 5.74) is 10.9. The van der Waals surface area contributed by atoms with E-state index in [1.165, 1.54) is 78.6 Å². The van der Waals surface area contributed by atoms with Crippen molar-refractivity contribution in [1.82, 2.24) is 9.30 Å². The van der Waals surface area contributed by atoms with Crippen LogP contribution >= 0.6 is 0 Å². The van der Waals surface area contributed by atoms with Crippen LogP contribution in [0.1, 0.15) is 61.3 Å². The molecule has 0 bridgehead atoms. The maximum Gasteiger partial charge on any atom is 0.143 e. The second-order valence-electron chi connectivity index (χ2n) is 12.8. The zero-order valence-electron chi connectivity index (χ0n) is 27.6. The van der Waals surface area contributed by atoms with E-state index in [0.29, 0.717) is 19.8 Å². The molecule has 0 atom stereocenters. The van der Waals surface area contributed by atoms with Crippen molar-refractivity contribution in [3.8, 4) is 22.6 Å². The zero-order valence-corrected chi connectivity index (χ0v) is 27.6. The molecule has 5 heteroatoms. The van der Waals surface area contributed by atoms with Gasteiger partial charge in [0.2, 0.25) is 0 Å². The summed E-state index contributed by atoms with van der Waals surface area (Å²) in [6.07, 6.45) is 7.29. The van der Waals surface area contributed by atoms with Gasteiger partial charge in [-0.3, -0.25) is 0 Å². The normalized spacial score (nSPS) is 13.9. The van der Waals surface area contributed by atoms with Crippen LogP contribution in [-0.2, 0) is 31.0 Å². The van der Waals surface area contributed by atoms with Crippen molar-refractivity contribution in [3.63, 3.8) is 0 Å². The molecule has 0 radical (unpaired) electrons. The lowest BCUT2D eigenvalue weighted by Crippen LogP contribution is -2.30. The summed E-state index contributed by atoms with van der Waals surface area (Å²) in [7, 11) is 0. The molecule has 3 aromatic carbocycles. The number of hydrogen-bond acceptors (Lipinski definition) is 4. The van der Waals surface area contributed by atoms with Crippen LogP contribution in [0.5, 0.6) is 11.5 Å². The van der Waals surface area contributed by atoms with Gasteiger partial charge in [0.1, 0.15) is 24.7 Å². The molecule has 5 nitrogen and oxygen atoms in total. The Morgan fingerprint density at radius 1 is 0.660 bits per heavy atom. The Hall–Kier alpha value is -4.32. The Bertz CT molecular complexity index is 1840. The first-order valence-electron chi connectivity index (χ1n) is 17.4. The molecule has 0 unspecified atom stereocenters. The van der Waals surface area contributed by atoms with Crippen molar-refractivity contribution >= 4 is 16.6 Å². The number of aryl methyl sites for hydroxylation is 1. The number of piperidine rings is 1. The standard InChI is InChI=1S/C42H46N2O3/c1-2-37-38-22-23-40(47-30-33-16-8-4-9-17-33)39-28-35(31-45-27-13-12-26-43-24-10-5-11-25-43)42(44(38)39)41(37)34-18-20-36(21-19-34)46-29-32-14-6-3-7-15-32/h3-4,6-9,14-23,28H,2,5,10-13,24-27,29-31H2,1H3. The molecule has 0 amide bonds. The summed E-state index contributed by atoms with van der Waals surface area (Å²) in [6, 6.07) is 36.0. The third kappa shape index (κ3) is 7.17. The first kappa shape index (κ1) is 31.3. The number of rotatable bonds is 15. The largest absolute Gasteiger partial charge is 0.489 e. The van der Waals surface area contributed by atoms with E-state index in [4.69, 9.17) is 14.2 Å². The lowest BCUT2D eigenvalue weighted by atomic mass is 9.98. The van der Waals surface area contributed by atoms with Crippen molar-refractivity contribution in [2.45, 2.75) is 65.3 Å². The average molecular weight is 627 g/mol. The molecule has 1 fully saturated rings. The van der Waals surface area contributed by atoms with Crippen LogP contribution in [0.15, 0.2) is 103 Å². The fourth-order valence-electron chi connectivity index (χ4n) is 7.09. The van der Waals surface area contributed by atoms with Gasteiger partial charge in [0.05, 0.1) is 23.2 Å². The minimum Gasteiger partial charge on any atom is -0.489 e. The highest BCUT2D eigenvalue weighted by Crippen LogP contribution is 2.42. The van der Waals surface area contributed by atoms with Gasteiger partial charge in [-0.15, -0.1) is 0 Å². The fraction of sp³-hybridized carbons (Fsp3) is 0.333. The van der Waals surface area contributed by atoms with Crippen molar-refractivity contribution in [2.24, 2.45) is 0 Å². The van der Waals surface area contributed by atoms with Crippen LogP contribution in [0.4, 0.5) is 0 Å². The Morgan fingerprint density at radius 2 is 1.36 bits per heavy atom. The van der Waals surface area contributed by atoms with E-state index in [1.54, 1.807) is 0 Å². The summed E-state index contributed by atoms with van der Waals surface area (Å²) < 4.78 is 21.4. The highest BCUT2D eigenvalue weighted by molar-refractivity contribution is 5.98.